The molecule has 19 heavy (non-hydrogen) atoms. The summed E-state index contributed by atoms with van der Waals surface area (Å²) in [6.45, 7) is 2.44. The number of amides is 1. The number of anilines is 1. The van der Waals surface area contributed by atoms with Gasteiger partial charge in [0.1, 0.15) is 0 Å². The maximum absolute atomic E-state index is 11.7. The molecule has 98 valence electrons. The highest BCUT2D eigenvalue weighted by Crippen LogP contribution is 2.08. The third kappa shape index (κ3) is 3.62. The van der Waals surface area contributed by atoms with Crippen LogP contribution in [0.2, 0.25) is 0 Å². The number of hydrogen-bond donors (Lipinski definition) is 1. The van der Waals surface area contributed by atoms with E-state index in [1.807, 2.05) is 6.92 Å². The number of aromatic nitrogens is 2. The average Bonchev–Trinajstić information content (AvgIpc) is 2.92. The quantitative estimate of drug-likeness (QED) is 0.868. The van der Waals surface area contributed by atoms with Gasteiger partial charge in [-0.3, -0.25) is 14.6 Å². The van der Waals surface area contributed by atoms with Crippen LogP contribution in [0.15, 0.2) is 40.9 Å². The number of thiazole rings is 1. The van der Waals surface area contributed by atoms with Crippen LogP contribution < -0.4 is 10.9 Å². The van der Waals surface area contributed by atoms with Gasteiger partial charge >= 0.3 is 0 Å². The molecule has 0 saturated carbocycles. The number of pyridine rings is 1. The Labute approximate surface area is 114 Å². The van der Waals surface area contributed by atoms with Crippen LogP contribution >= 0.6 is 11.3 Å². The van der Waals surface area contributed by atoms with Crippen molar-refractivity contribution in [3.05, 3.63) is 51.3 Å². The largest absolute Gasteiger partial charge is 0.321 e. The van der Waals surface area contributed by atoms with E-state index in [4.69, 9.17) is 0 Å². The Morgan fingerprint density at radius 3 is 3.05 bits per heavy atom. The summed E-state index contributed by atoms with van der Waals surface area (Å²) in [4.78, 5) is 27.9. The highest BCUT2D eigenvalue weighted by molar-refractivity contribution is 7.10. The van der Waals surface area contributed by atoms with Gasteiger partial charge in [0.05, 0.1) is 11.2 Å². The second-order valence-corrected chi connectivity index (χ2v) is 4.69. The monoisotopic (exact) mass is 275 g/mol. The summed E-state index contributed by atoms with van der Waals surface area (Å²) in [5.41, 5.74) is 2.22. The van der Waals surface area contributed by atoms with Crippen molar-refractivity contribution in [2.45, 2.75) is 13.5 Å². The fourth-order valence-electron chi connectivity index (χ4n) is 1.50. The number of carbonyl (C=O) groups is 1. The first-order chi connectivity index (χ1) is 9.19. The van der Waals surface area contributed by atoms with Crippen molar-refractivity contribution in [1.29, 1.82) is 0 Å². The molecular weight excluding hydrogens is 262 g/mol. The lowest BCUT2D eigenvalue weighted by Crippen LogP contribution is -2.19. The fourth-order valence-corrected chi connectivity index (χ4v) is 2.01. The summed E-state index contributed by atoms with van der Waals surface area (Å²) in [5, 5.41) is 2.71. The maximum atomic E-state index is 11.7. The molecule has 2 aromatic heterocycles. The molecule has 0 aliphatic heterocycles. The minimum atomic E-state index is -0.241. The highest BCUT2D eigenvalue weighted by Gasteiger charge is 2.00. The summed E-state index contributed by atoms with van der Waals surface area (Å²) in [6, 6.07) is 3.03. The number of aryl methyl sites for hydroxylation is 1. The molecule has 0 spiro atoms. The van der Waals surface area contributed by atoms with Crippen LogP contribution in [0.3, 0.4) is 0 Å². The van der Waals surface area contributed by atoms with Crippen LogP contribution in [0.1, 0.15) is 11.8 Å². The van der Waals surface area contributed by atoms with Crippen LogP contribution in [0.25, 0.3) is 6.08 Å². The van der Waals surface area contributed by atoms with Crippen LogP contribution in [0.5, 0.6) is 0 Å². The number of nitrogens with zero attached hydrogens (tertiary/aromatic N) is 2. The lowest BCUT2D eigenvalue weighted by Gasteiger charge is -2.05. The second kappa shape index (κ2) is 6.10. The molecule has 0 bridgehead atoms. The van der Waals surface area contributed by atoms with Gasteiger partial charge in [-0.2, -0.15) is 0 Å². The van der Waals surface area contributed by atoms with Crippen LogP contribution in [0.4, 0.5) is 5.69 Å². The first-order valence-corrected chi connectivity index (χ1v) is 6.65. The summed E-state index contributed by atoms with van der Waals surface area (Å²) < 4.78 is 1.53. The highest BCUT2D eigenvalue weighted by atomic mass is 32.1. The topological polar surface area (TPSA) is 64.0 Å². The van der Waals surface area contributed by atoms with Crippen molar-refractivity contribution in [1.82, 2.24) is 9.55 Å². The Hall–Kier alpha value is -2.21. The molecule has 2 aromatic rings. The smallest absolute Gasteiger partial charge is 0.250 e. The molecule has 0 saturated heterocycles. The number of rotatable bonds is 4. The Kier molecular flexibility index (Phi) is 4.25. The van der Waals surface area contributed by atoms with E-state index in [-0.39, 0.29) is 11.5 Å². The van der Waals surface area contributed by atoms with E-state index >= 15 is 0 Å². The minimum absolute atomic E-state index is 0.0827. The zero-order chi connectivity index (χ0) is 13.7. The molecule has 0 atom stereocenters. The molecule has 6 heteroatoms. The Balaban J connectivity index is 2.05. The summed E-state index contributed by atoms with van der Waals surface area (Å²) >= 11 is 1.46. The van der Waals surface area contributed by atoms with Gasteiger partial charge in [-0.25, -0.2) is 0 Å². The lowest BCUT2D eigenvalue weighted by atomic mass is 10.3. The zero-order valence-corrected chi connectivity index (χ0v) is 11.2. The first-order valence-electron chi connectivity index (χ1n) is 5.77. The van der Waals surface area contributed by atoms with Gasteiger partial charge in [0.2, 0.25) is 5.91 Å². The van der Waals surface area contributed by atoms with Gasteiger partial charge in [0, 0.05) is 36.0 Å². The van der Waals surface area contributed by atoms with Crippen LogP contribution in [0, 0.1) is 0 Å². The molecule has 2 heterocycles. The molecule has 0 unspecified atom stereocenters. The number of carbonyl (C=O) groups excluding carboxylic acids is 1. The standard InChI is InChI=1S/C13H13N3O2S/c1-2-16-8-10(3-6-13(16)18)15-12(17)5-4-11-7-14-9-19-11/h3-9H,2H2,1H3,(H,15,17)/b5-4+. The molecule has 0 fully saturated rings. The Morgan fingerprint density at radius 1 is 1.53 bits per heavy atom. The van der Waals surface area contributed by atoms with Gasteiger partial charge < -0.3 is 9.88 Å². The average molecular weight is 275 g/mol. The molecule has 0 radical (unpaired) electrons. The van der Waals surface area contributed by atoms with Gasteiger partial charge in [-0.15, -0.1) is 11.3 Å². The molecule has 2 rings (SSSR count). The molecule has 0 aliphatic rings. The molecular formula is C13H13N3O2S. The molecule has 0 aliphatic carbocycles. The SMILES string of the molecule is CCn1cc(NC(=O)/C=C/c2cncs2)ccc1=O. The van der Waals surface area contributed by atoms with Crippen molar-refractivity contribution >= 4 is 29.0 Å². The van der Waals surface area contributed by atoms with E-state index in [1.54, 1.807) is 30.0 Å². The predicted octanol–water partition coefficient (Wildman–Crippen LogP) is 1.98. The van der Waals surface area contributed by atoms with E-state index in [0.717, 1.165) is 4.88 Å². The normalized spacial score (nSPS) is 10.8. The van der Waals surface area contributed by atoms with Crippen molar-refractivity contribution in [2.24, 2.45) is 0 Å². The number of hydrogen-bond acceptors (Lipinski definition) is 4. The van der Waals surface area contributed by atoms with Gasteiger partial charge in [-0.1, -0.05) is 0 Å². The van der Waals surface area contributed by atoms with Gasteiger partial charge in [-0.05, 0) is 19.1 Å². The van der Waals surface area contributed by atoms with E-state index in [9.17, 15) is 9.59 Å². The fraction of sp³-hybridized carbons (Fsp3) is 0.154. The van der Waals surface area contributed by atoms with E-state index in [2.05, 4.69) is 10.3 Å². The van der Waals surface area contributed by atoms with Gasteiger partial charge in [0.15, 0.2) is 0 Å². The van der Waals surface area contributed by atoms with E-state index < -0.39 is 0 Å². The van der Waals surface area contributed by atoms with Crippen molar-refractivity contribution in [3.63, 3.8) is 0 Å². The van der Waals surface area contributed by atoms with E-state index in [0.29, 0.717) is 12.2 Å². The van der Waals surface area contributed by atoms with Crippen LogP contribution in [-0.2, 0) is 11.3 Å². The first kappa shape index (κ1) is 13.2. The lowest BCUT2D eigenvalue weighted by molar-refractivity contribution is -0.111. The maximum Gasteiger partial charge on any atom is 0.250 e. The Morgan fingerprint density at radius 2 is 2.37 bits per heavy atom. The van der Waals surface area contributed by atoms with Crippen molar-refractivity contribution in [2.75, 3.05) is 5.32 Å². The van der Waals surface area contributed by atoms with Crippen molar-refractivity contribution in [3.8, 4) is 0 Å². The Bertz CT molecular complexity index is 644. The van der Waals surface area contributed by atoms with Crippen LogP contribution in [-0.4, -0.2) is 15.5 Å². The van der Waals surface area contributed by atoms with E-state index in [1.165, 1.54) is 28.0 Å². The molecule has 1 N–H and O–H groups in total. The second-order valence-electron chi connectivity index (χ2n) is 3.77. The molecule has 0 aromatic carbocycles. The molecule has 1 amide bonds. The third-order valence-corrected chi connectivity index (χ3v) is 3.18. The van der Waals surface area contributed by atoms with Crippen molar-refractivity contribution < 1.29 is 4.79 Å². The third-order valence-electron chi connectivity index (χ3n) is 2.44. The van der Waals surface area contributed by atoms with Gasteiger partial charge in [0.25, 0.3) is 5.56 Å². The zero-order valence-electron chi connectivity index (χ0n) is 10.4. The molecule has 5 nitrogen and oxygen atoms in total. The summed E-state index contributed by atoms with van der Waals surface area (Å²) in [6.07, 6.45) is 6.45. The summed E-state index contributed by atoms with van der Waals surface area (Å²) in [5.74, 6) is -0.241. The number of nitrogens with one attached hydrogen (secondary N) is 1. The minimum Gasteiger partial charge on any atom is -0.321 e. The predicted molar refractivity (Wildman–Crippen MR) is 76.2 cm³/mol. The summed E-state index contributed by atoms with van der Waals surface area (Å²) in [7, 11) is 0.